The number of hydrogen-bond acceptors (Lipinski definition) is 3. The van der Waals surface area contributed by atoms with Crippen molar-refractivity contribution < 1.29 is 22.7 Å². The molecule has 1 aliphatic rings. The van der Waals surface area contributed by atoms with Crippen molar-refractivity contribution >= 4 is 16.9 Å². The van der Waals surface area contributed by atoms with E-state index in [0.717, 1.165) is 36.0 Å². The third-order valence-corrected chi connectivity index (χ3v) is 5.05. The lowest BCUT2D eigenvalue weighted by Crippen LogP contribution is -2.37. The van der Waals surface area contributed by atoms with E-state index in [1.807, 2.05) is 18.3 Å². The molecule has 4 rings (SSSR count). The highest BCUT2D eigenvalue weighted by atomic mass is 19.4. The smallest absolute Gasteiger partial charge is 0.406 e. The molecule has 2 aromatic heterocycles. The second-order valence-corrected chi connectivity index (χ2v) is 6.78. The molecule has 1 amide bonds. The molecule has 1 fully saturated rings. The van der Waals surface area contributed by atoms with E-state index in [0.29, 0.717) is 24.6 Å². The van der Waals surface area contributed by atoms with Crippen LogP contribution in [0.15, 0.2) is 48.8 Å². The second-order valence-electron chi connectivity index (χ2n) is 6.78. The standard InChI is InChI=1S/C20H18F3N3O2/c21-20(22,23)28-15-3-1-14(2-4-15)19(27)26-11-7-13(8-12-26)16-5-9-24-18-17(16)6-10-25-18/h1-6,9-10,13H,7-8,11-12H2,(H,24,25). The first kappa shape index (κ1) is 18.3. The summed E-state index contributed by atoms with van der Waals surface area (Å²) in [4.78, 5) is 21.8. The lowest BCUT2D eigenvalue weighted by Gasteiger charge is -2.32. The Balaban J connectivity index is 1.41. The van der Waals surface area contributed by atoms with Gasteiger partial charge in [0, 0.05) is 36.4 Å². The first-order valence-electron chi connectivity index (χ1n) is 8.98. The number of rotatable bonds is 3. The van der Waals surface area contributed by atoms with Gasteiger partial charge in [-0.2, -0.15) is 0 Å². The Bertz CT molecular complexity index is 974. The number of ether oxygens (including phenoxy) is 1. The van der Waals surface area contributed by atoms with Crippen LogP contribution in [0.1, 0.15) is 34.7 Å². The molecular formula is C20H18F3N3O2. The number of benzene rings is 1. The number of pyridine rings is 1. The third-order valence-electron chi connectivity index (χ3n) is 5.05. The van der Waals surface area contributed by atoms with E-state index < -0.39 is 6.36 Å². The number of carbonyl (C=O) groups excluding carboxylic acids is 1. The molecule has 3 heterocycles. The number of likely N-dealkylation sites (tertiary alicyclic amines) is 1. The van der Waals surface area contributed by atoms with Crippen molar-refractivity contribution in [2.75, 3.05) is 13.1 Å². The Hall–Kier alpha value is -3.03. The molecule has 0 bridgehead atoms. The van der Waals surface area contributed by atoms with Gasteiger partial charge in [-0.3, -0.25) is 4.79 Å². The highest BCUT2D eigenvalue weighted by molar-refractivity contribution is 5.94. The van der Waals surface area contributed by atoms with Crippen LogP contribution in [0.3, 0.4) is 0 Å². The Morgan fingerprint density at radius 3 is 2.50 bits per heavy atom. The quantitative estimate of drug-likeness (QED) is 0.719. The van der Waals surface area contributed by atoms with Crippen LogP contribution in [0.4, 0.5) is 13.2 Å². The summed E-state index contributed by atoms with van der Waals surface area (Å²) < 4.78 is 40.6. The number of fused-ring (bicyclic) bond motifs is 1. The van der Waals surface area contributed by atoms with Crippen LogP contribution in [0, 0.1) is 0 Å². The summed E-state index contributed by atoms with van der Waals surface area (Å²) in [5.41, 5.74) is 2.44. The Labute approximate surface area is 159 Å². The number of halogens is 3. The van der Waals surface area contributed by atoms with Gasteiger partial charge in [0.15, 0.2) is 0 Å². The molecule has 0 aliphatic carbocycles. The summed E-state index contributed by atoms with van der Waals surface area (Å²) in [7, 11) is 0. The maximum absolute atomic E-state index is 12.7. The van der Waals surface area contributed by atoms with Gasteiger partial charge in [-0.1, -0.05) is 0 Å². The predicted molar refractivity (Wildman–Crippen MR) is 97.1 cm³/mol. The zero-order valence-corrected chi connectivity index (χ0v) is 14.9. The fraction of sp³-hybridized carbons (Fsp3) is 0.300. The average molecular weight is 389 g/mol. The maximum Gasteiger partial charge on any atom is 0.573 e. The van der Waals surface area contributed by atoms with E-state index >= 15 is 0 Å². The summed E-state index contributed by atoms with van der Waals surface area (Å²) in [6.45, 7) is 1.19. The van der Waals surface area contributed by atoms with Crippen LogP contribution in [-0.2, 0) is 0 Å². The van der Waals surface area contributed by atoms with Crippen LogP contribution < -0.4 is 4.74 Å². The molecule has 0 spiro atoms. The molecule has 1 N–H and O–H groups in total. The molecule has 1 aromatic carbocycles. The number of aromatic nitrogens is 2. The number of aromatic amines is 1. The highest BCUT2D eigenvalue weighted by Crippen LogP contribution is 2.32. The summed E-state index contributed by atoms with van der Waals surface area (Å²) in [5, 5.41) is 1.10. The van der Waals surface area contributed by atoms with Crippen LogP contribution in [0.25, 0.3) is 11.0 Å². The Kier molecular flexibility index (Phi) is 4.70. The van der Waals surface area contributed by atoms with Crippen LogP contribution >= 0.6 is 0 Å². The molecule has 0 radical (unpaired) electrons. The van der Waals surface area contributed by atoms with E-state index in [2.05, 4.69) is 14.7 Å². The highest BCUT2D eigenvalue weighted by Gasteiger charge is 2.31. The van der Waals surface area contributed by atoms with Gasteiger partial charge in [0.1, 0.15) is 11.4 Å². The summed E-state index contributed by atoms with van der Waals surface area (Å²) in [6, 6.07) is 9.08. The normalized spacial score (nSPS) is 15.8. The second kappa shape index (κ2) is 7.18. The van der Waals surface area contributed by atoms with E-state index in [9.17, 15) is 18.0 Å². The molecule has 5 nitrogen and oxygen atoms in total. The van der Waals surface area contributed by atoms with Gasteiger partial charge in [-0.15, -0.1) is 13.2 Å². The maximum atomic E-state index is 12.7. The SMILES string of the molecule is O=C(c1ccc(OC(F)(F)F)cc1)N1CCC(c2ccnc3[nH]ccc23)CC1. The van der Waals surface area contributed by atoms with Crippen molar-refractivity contribution in [3.05, 3.63) is 59.9 Å². The minimum Gasteiger partial charge on any atom is -0.406 e. The van der Waals surface area contributed by atoms with Crippen molar-refractivity contribution in [3.63, 3.8) is 0 Å². The van der Waals surface area contributed by atoms with Crippen LogP contribution in [0.5, 0.6) is 5.75 Å². The number of amides is 1. The molecule has 1 saturated heterocycles. The molecule has 28 heavy (non-hydrogen) atoms. The van der Waals surface area contributed by atoms with Crippen LogP contribution in [-0.4, -0.2) is 40.2 Å². The number of nitrogens with zero attached hydrogens (tertiary/aromatic N) is 2. The average Bonchev–Trinajstić information content (AvgIpc) is 3.16. The van der Waals surface area contributed by atoms with Gasteiger partial charge in [0.2, 0.25) is 0 Å². The zero-order chi connectivity index (χ0) is 19.7. The van der Waals surface area contributed by atoms with Crippen molar-refractivity contribution in [1.82, 2.24) is 14.9 Å². The minimum absolute atomic E-state index is 0.182. The van der Waals surface area contributed by atoms with Gasteiger partial charge in [-0.25, -0.2) is 4.98 Å². The molecule has 0 atom stereocenters. The first-order valence-corrected chi connectivity index (χ1v) is 8.98. The summed E-state index contributed by atoms with van der Waals surface area (Å²) in [5.74, 6) is -0.178. The number of carbonyl (C=O) groups is 1. The summed E-state index contributed by atoms with van der Waals surface area (Å²) in [6.07, 6.45) is 0.560. The topological polar surface area (TPSA) is 58.2 Å². The monoisotopic (exact) mass is 389 g/mol. The Morgan fingerprint density at radius 2 is 1.82 bits per heavy atom. The van der Waals surface area contributed by atoms with Crippen molar-refractivity contribution in [3.8, 4) is 5.75 Å². The molecule has 1 aliphatic heterocycles. The molecule has 8 heteroatoms. The van der Waals surface area contributed by atoms with Gasteiger partial charge < -0.3 is 14.6 Å². The van der Waals surface area contributed by atoms with Crippen molar-refractivity contribution in [2.24, 2.45) is 0 Å². The number of H-pyrrole nitrogens is 1. The summed E-state index contributed by atoms with van der Waals surface area (Å²) >= 11 is 0. The predicted octanol–water partition coefficient (Wildman–Crippen LogP) is 4.48. The first-order chi connectivity index (χ1) is 13.4. The third kappa shape index (κ3) is 3.81. The number of nitrogens with one attached hydrogen (secondary N) is 1. The molecule has 0 saturated carbocycles. The van der Waals surface area contributed by atoms with E-state index in [1.165, 1.54) is 17.7 Å². The lowest BCUT2D eigenvalue weighted by atomic mass is 9.88. The lowest BCUT2D eigenvalue weighted by molar-refractivity contribution is -0.274. The van der Waals surface area contributed by atoms with Crippen molar-refractivity contribution in [1.29, 1.82) is 0 Å². The van der Waals surface area contributed by atoms with Gasteiger partial charge in [-0.05, 0) is 60.7 Å². The number of piperidine rings is 1. The molecule has 3 aromatic rings. The van der Waals surface area contributed by atoms with E-state index in [4.69, 9.17) is 0 Å². The van der Waals surface area contributed by atoms with Crippen molar-refractivity contribution in [2.45, 2.75) is 25.1 Å². The van der Waals surface area contributed by atoms with E-state index in [1.54, 1.807) is 11.1 Å². The number of hydrogen-bond donors (Lipinski definition) is 1. The van der Waals surface area contributed by atoms with Gasteiger partial charge in [0.25, 0.3) is 5.91 Å². The fourth-order valence-electron chi connectivity index (χ4n) is 3.71. The van der Waals surface area contributed by atoms with Gasteiger partial charge >= 0.3 is 6.36 Å². The minimum atomic E-state index is -4.74. The fourth-order valence-corrected chi connectivity index (χ4v) is 3.71. The molecular weight excluding hydrogens is 371 g/mol. The van der Waals surface area contributed by atoms with Crippen LogP contribution in [0.2, 0.25) is 0 Å². The zero-order valence-electron chi connectivity index (χ0n) is 14.9. The van der Waals surface area contributed by atoms with Gasteiger partial charge in [0.05, 0.1) is 0 Å². The number of alkyl halides is 3. The molecule has 0 unspecified atom stereocenters. The van der Waals surface area contributed by atoms with E-state index in [-0.39, 0.29) is 11.7 Å². The Morgan fingerprint density at radius 1 is 1.11 bits per heavy atom. The molecule has 146 valence electrons. The largest absolute Gasteiger partial charge is 0.573 e.